The van der Waals surface area contributed by atoms with E-state index in [1.54, 1.807) is 12.1 Å². The number of nitrogens with zero attached hydrogens (tertiary/aromatic N) is 2. The normalized spacial score (nSPS) is 13.3. The molecule has 0 N–H and O–H groups in total. The van der Waals surface area contributed by atoms with Crippen LogP contribution in [-0.4, -0.2) is 23.2 Å². The molecule has 8 aromatic rings. The van der Waals surface area contributed by atoms with Crippen LogP contribution in [0.3, 0.4) is 0 Å². The first kappa shape index (κ1) is 33.2. The van der Waals surface area contributed by atoms with Gasteiger partial charge in [-0.15, -0.1) is 18.2 Å². The molecule has 0 aliphatic rings. The second-order valence-corrected chi connectivity index (χ2v) is 25.7. The zero-order valence-electron chi connectivity index (χ0n) is 35.3. The van der Waals surface area contributed by atoms with E-state index in [2.05, 4.69) is 133 Å². The number of aromatic nitrogens is 2. The predicted octanol–water partition coefficient (Wildman–Crippen LogP) is 12.5. The number of pyridine rings is 2. The Labute approximate surface area is 336 Å². The average Bonchev–Trinajstić information content (AvgIpc) is 3.54. The van der Waals surface area contributed by atoms with E-state index in [9.17, 15) is 0 Å². The summed E-state index contributed by atoms with van der Waals surface area (Å²) in [6, 6.07) is 44.9. The Morgan fingerprint density at radius 1 is 0.774 bits per heavy atom. The molecule has 1 radical (unpaired) electrons. The van der Waals surface area contributed by atoms with Gasteiger partial charge in [-0.2, -0.15) is 0 Å². The van der Waals surface area contributed by atoms with Crippen molar-refractivity contribution in [3.8, 4) is 22.5 Å². The zero-order chi connectivity index (χ0) is 40.0. The Kier molecular flexibility index (Phi) is 9.76. The molecule has 5 heteroatoms. The summed E-state index contributed by atoms with van der Waals surface area (Å²) in [5, 5.41) is 4.60. The zero-order valence-corrected chi connectivity index (χ0v) is 35.8. The molecule has 0 spiro atoms. The van der Waals surface area contributed by atoms with Crippen LogP contribution in [0.5, 0.6) is 0 Å². The number of hydrogen-bond donors (Lipinski definition) is 0. The van der Waals surface area contributed by atoms with Gasteiger partial charge in [-0.1, -0.05) is 85.5 Å². The molecule has 0 fully saturated rings. The fourth-order valence-electron chi connectivity index (χ4n) is 6.79. The fraction of sp³-hybridized carbons (Fsp3) is 0.208. The summed E-state index contributed by atoms with van der Waals surface area (Å²) in [6.07, 6.45) is 3.80. The van der Waals surface area contributed by atoms with Gasteiger partial charge in [0.15, 0.2) is 0 Å². The second-order valence-electron chi connectivity index (χ2n) is 15.2. The van der Waals surface area contributed by atoms with Crippen molar-refractivity contribution in [2.24, 2.45) is 0 Å². The van der Waals surface area contributed by atoms with Gasteiger partial charge in [-0.25, -0.2) is 0 Å². The van der Waals surface area contributed by atoms with Crippen molar-refractivity contribution in [2.45, 2.75) is 63.1 Å². The minimum Gasteiger partial charge on any atom is 0 e. The van der Waals surface area contributed by atoms with Gasteiger partial charge in [-0.05, 0) is 45.8 Å². The SMILES string of the molecule is CC(C)(c1ccccc1)c1ccnc(-c2[c-]ccc3c2oc2cc4ccccc4cc23)c1.[2H]C([2H])([2H])c1c[c-]c(-c2cc(C([2H])(C)C)[c]([Ge]([CH3])([CH3])[CH3])cn2)cc1.[Ir]. The molecule has 5 aromatic carbocycles. The minimum atomic E-state index is -2.14. The van der Waals surface area contributed by atoms with Gasteiger partial charge in [0.2, 0.25) is 0 Å². The van der Waals surface area contributed by atoms with Crippen LogP contribution in [0.15, 0.2) is 132 Å². The Morgan fingerprint density at radius 2 is 1.51 bits per heavy atom. The smallest absolute Gasteiger partial charge is 0 e. The molecule has 3 heterocycles. The molecule has 53 heavy (non-hydrogen) atoms. The molecule has 3 aromatic heterocycles. The molecular weight excluding hydrogens is 885 g/mol. The van der Waals surface area contributed by atoms with Crippen LogP contribution in [0.1, 0.15) is 61.3 Å². The van der Waals surface area contributed by atoms with Crippen LogP contribution in [0.4, 0.5) is 0 Å². The van der Waals surface area contributed by atoms with Crippen molar-refractivity contribution in [3.63, 3.8) is 0 Å². The first-order chi connectivity index (χ1) is 26.4. The summed E-state index contributed by atoms with van der Waals surface area (Å²) in [5.41, 5.74) is 8.60. The second kappa shape index (κ2) is 15.6. The molecule has 0 aliphatic heterocycles. The first-order valence-corrected chi connectivity index (χ1v) is 25.1. The summed E-state index contributed by atoms with van der Waals surface area (Å²) in [6.45, 7) is 6.16. The van der Waals surface area contributed by atoms with Gasteiger partial charge >= 0.3 is 131 Å². The number of rotatable bonds is 6. The minimum absolute atomic E-state index is 0. The van der Waals surface area contributed by atoms with E-state index < -0.39 is 26.0 Å². The Morgan fingerprint density at radius 3 is 2.19 bits per heavy atom. The quantitative estimate of drug-likeness (QED) is 0.123. The van der Waals surface area contributed by atoms with Crippen molar-refractivity contribution in [1.82, 2.24) is 9.97 Å². The molecule has 3 nitrogen and oxygen atoms in total. The van der Waals surface area contributed by atoms with Crippen LogP contribution in [0.2, 0.25) is 17.3 Å². The number of aryl methyl sites for hydroxylation is 1. The number of fused-ring (bicyclic) bond motifs is 4. The summed E-state index contributed by atoms with van der Waals surface area (Å²) < 4.78 is 38.4. The molecule has 0 saturated carbocycles. The third-order valence-corrected chi connectivity index (χ3v) is 14.1. The number of furan rings is 1. The molecule has 0 bridgehead atoms. The largest absolute Gasteiger partial charge is 0 e. The van der Waals surface area contributed by atoms with Crippen molar-refractivity contribution in [3.05, 3.63) is 162 Å². The van der Waals surface area contributed by atoms with Crippen LogP contribution < -0.4 is 4.40 Å². The topological polar surface area (TPSA) is 38.9 Å². The molecule has 0 aliphatic carbocycles. The molecule has 0 saturated heterocycles. The van der Waals surface area contributed by atoms with Crippen molar-refractivity contribution >= 4 is 50.4 Å². The predicted molar refractivity (Wildman–Crippen MR) is 222 cm³/mol. The average molecular weight is 936 g/mol. The molecule has 269 valence electrons. The van der Waals surface area contributed by atoms with Gasteiger partial charge in [-0.3, -0.25) is 0 Å². The Bertz CT molecular complexity index is 2680. The summed E-state index contributed by atoms with van der Waals surface area (Å²) in [5.74, 6) is 6.18. The van der Waals surface area contributed by atoms with E-state index in [0.29, 0.717) is 0 Å². The maximum atomic E-state index is 8.49. The van der Waals surface area contributed by atoms with Gasteiger partial charge < -0.3 is 9.40 Å². The first-order valence-electron chi connectivity index (χ1n) is 19.7. The molecule has 8 rings (SSSR count). The Balaban J connectivity index is 0.000000198. The third kappa shape index (κ3) is 7.97. The summed E-state index contributed by atoms with van der Waals surface area (Å²) in [4.78, 5) is 9.27. The fourth-order valence-corrected chi connectivity index (χ4v) is 10.1. The molecular formula is C48H46GeIrN2O-2. The van der Waals surface area contributed by atoms with Crippen molar-refractivity contribution in [1.29, 1.82) is 0 Å². The van der Waals surface area contributed by atoms with Crippen molar-refractivity contribution < 1.29 is 30.0 Å². The maximum absolute atomic E-state index is 8.49. The van der Waals surface area contributed by atoms with E-state index in [4.69, 9.17) is 14.9 Å². The molecule has 0 atom stereocenters. The van der Waals surface area contributed by atoms with Gasteiger partial charge in [0.05, 0.1) is 5.58 Å². The van der Waals surface area contributed by atoms with E-state index in [0.717, 1.165) is 50.0 Å². The Hall–Kier alpha value is -4.35. The van der Waals surface area contributed by atoms with Crippen LogP contribution >= 0.6 is 0 Å². The van der Waals surface area contributed by atoms with Gasteiger partial charge in [0.25, 0.3) is 0 Å². The van der Waals surface area contributed by atoms with Crippen LogP contribution in [0, 0.1) is 19.0 Å². The summed E-state index contributed by atoms with van der Waals surface area (Å²) in [7, 11) is 0. The standard InChI is InChI=1S/C30H22NO.C18H24GeN.Ir/c1-30(2,22-11-4-3-5-12-22)23-15-16-31-27(19-23)25-14-8-13-24-26-17-20-9-6-7-10-21(20)18-28(26)32-29(24)25;1-13(2)16-11-18(15-9-7-14(3)8-10-15)20-12-17(16)19(4,5)6;/h3-13,15-19H,1-2H3;7-9,11-13H,1-6H3;/q2*-1;/i;3D3,13D;. The van der Waals surface area contributed by atoms with Crippen LogP contribution in [-0.2, 0) is 25.5 Å². The molecule has 0 unspecified atom stereocenters. The van der Waals surface area contributed by atoms with E-state index in [1.807, 2.05) is 38.4 Å². The number of benzene rings is 5. The van der Waals surface area contributed by atoms with E-state index in [-0.39, 0.29) is 31.1 Å². The third-order valence-electron chi connectivity index (χ3n) is 9.87. The summed E-state index contributed by atoms with van der Waals surface area (Å²) >= 11 is -2.14. The van der Waals surface area contributed by atoms with E-state index >= 15 is 0 Å². The van der Waals surface area contributed by atoms with Crippen LogP contribution in [0.25, 0.3) is 55.2 Å². The van der Waals surface area contributed by atoms with Crippen molar-refractivity contribution in [2.75, 3.05) is 0 Å². The van der Waals surface area contributed by atoms with Gasteiger partial charge in [0, 0.05) is 37.1 Å². The number of hydrogen-bond acceptors (Lipinski definition) is 3. The van der Waals surface area contributed by atoms with E-state index in [1.165, 1.54) is 32.4 Å². The molecule has 0 amide bonds. The maximum Gasteiger partial charge on any atom is 0 e. The van der Waals surface area contributed by atoms with Gasteiger partial charge in [0.1, 0.15) is 5.58 Å². The monoisotopic (exact) mass is 937 g/mol.